The number of hydrogen-bond donors (Lipinski definition) is 2. The van der Waals surface area contributed by atoms with E-state index in [-0.39, 0.29) is 30.9 Å². The van der Waals surface area contributed by atoms with Crippen molar-refractivity contribution in [1.82, 2.24) is 10.2 Å². The summed E-state index contributed by atoms with van der Waals surface area (Å²) in [6.07, 6.45) is 2.16. The van der Waals surface area contributed by atoms with Crippen LogP contribution in [0.3, 0.4) is 0 Å². The Hall–Kier alpha value is -0.680. The first-order valence-corrected chi connectivity index (χ1v) is 7.67. The topological polar surface area (TPSA) is 44.7 Å². The Bertz CT molecular complexity index is 427. The van der Waals surface area contributed by atoms with Gasteiger partial charge in [0.2, 0.25) is 0 Å². The smallest absolute Gasteiger partial charge is 0.162 e. The number of halogens is 2. The zero-order valence-electron chi connectivity index (χ0n) is 13.4. The lowest BCUT2D eigenvalue weighted by molar-refractivity contribution is 0.161. The predicted octanol–water partition coefficient (Wildman–Crippen LogP) is 3.38. The first-order valence-electron chi connectivity index (χ1n) is 7.67. The molecule has 2 rings (SSSR count). The summed E-state index contributed by atoms with van der Waals surface area (Å²) in [6, 6.07) is 6.12. The van der Waals surface area contributed by atoms with Gasteiger partial charge in [0.05, 0.1) is 6.61 Å². The zero-order chi connectivity index (χ0) is 14.4. The second kappa shape index (κ2) is 10.9. The molecular weight excluding hydrogens is 323 g/mol. The number of rotatable bonds is 6. The standard InChI is InChI=1S/C16H26N2O2.2ClH/c1-3-6-14(18-11-9-17-10-12-18)13-7-5-8-15(16(13)19)20-4-2;;/h5,7-8,14,17,19H,3-4,6,9-12H2,1-2H3;2*1H/t14-;;/m0../s1. The predicted molar refractivity (Wildman–Crippen MR) is 95.9 cm³/mol. The molecule has 0 spiro atoms. The van der Waals surface area contributed by atoms with E-state index >= 15 is 0 Å². The van der Waals surface area contributed by atoms with Crippen molar-refractivity contribution in [2.75, 3.05) is 32.8 Å². The van der Waals surface area contributed by atoms with Gasteiger partial charge in [-0.2, -0.15) is 0 Å². The molecule has 0 bridgehead atoms. The Morgan fingerprint density at radius 3 is 2.50 bits per heavy atom. The van der Waals surface area contributed by atoms with E-state index in [2.05, 4.69) is 17.1 Å². The van der Waals surface area contributed by atoms with Crippen molar-refractivity contribution in [2.24, 2.45) is 0 Å². The van der Waals surface area contributed by atoms with Crippen molar-refractivity contribution in [3.8, 4) is 11.5 Å². The van der Waals surface area contributed by atoms with Crippen molar-refractivity contribution in [3.05, 3.63) is 23.8 Å². The van der Waals surface area contributed by atoms with E-state index in [0.29, 0.717) is 18.1 Å². The fourth-order valence-electron chi connectivity index (χ4n) is 2.88. The molecule has 1 aromatic carbocycles. The molecule has 1 fully saturated rings. The van der Waals surface area contributed by atoms with E-state index < -0.39 is 0 Å². The van der Waals surface area contributed by atoms with Crippen LogP contribution in [0.4, 0.5) is 0 Å². The van der Waals surface area contributed by atoms with Crippen LogP contribution in [-0.2, 0) is 0 Å². The molecule has 0 amide bonds. The number of hydrogen-bond acceptors (Lipinski definition) is 4. The molecule has 0 radical (unpaired) electrons. The lowest BCUT2D eigenvalue weighted by Crippen LogP contribution is -2.45. The number of nitrogens with zero attached hydrogens (tertiary/aromatic N) is 1. The lowest BCUT2D eigenvalue weighted by Gasteiger charge is -2.35. The van der Waals surface area contributed by atoms with Crippen molar-refractivity contribution in [1.29, 1.82) is 0 Å². The highest BCUT2D eigenvalue weighted by Crippen LogP contribution is 2.38. The van der Waals surface area contributed by atoms with Gasteiger partial charge in [0.1, 0.15) is 0 Å². The van der Waals surface area contributed by atoms with Crippen LogP contribution in [0.15, 0.2) is 18.2 Å². The fraction of sp³-hybridized carbons (Fsp3) is 0.625. The summed E-state index contributed by atoms with van der Waals surface area (Å²) < 4.78 is 5.51. The molecule has 1 aliphatic rings. The van der Waals surface area contributed by atoms with Gasteiger partial charge in [-0.1, -0.05) is 25.5 Å². The van der Waals surface area contributed by atoms with Gasteiger partial charge in [0.15, 0.2) is 11.5 Å². The maximum Gasteiger partial charge on any atom is 0.162 e. The molecule has 22 heavy (non-hydrogen) atoms. The van der Waals surface area contributed by atoms with Crippen molar-refractivity contribution < 1.29 is 9.84 Å². The average molecular weight is 351 g/mol. The van der Waals surface area contributed by atoms with Gasteiger partial charge in [0.25, 0.3) is 0 Å². The minimum Gasteiger partial charge on any atom is -0.504 e. The highest BCUT2D eigenvalue weighted by atomic mass is 35.5. The number of piperazine rings is 1. The summed E-state index contributed by atoms with van der Waals surface area (Å²) in [7, 11) is 0. The highest BCUT2D eigenvalue weighted by Gasteiger charge is 2.24. The molecule has 1 heterocycles. The number of benzene rings is 1. The molecule has 0 aliphatic carbocycles. The van der Waals surface area contributed by atoms with Crippen LogP contribution in [0.2, 0.25) is 0 Å². The number of aromatic hydroxyl groups is 1. The number of ether oxygens (including phenoxy) is 1. The van der Waals surface area contributed by atoms with Gasteiger partial charge < -0.3 is 15.2 Å². The molecule has 1 aliphatic heterocycles. The molecule has 128 valence electrons. The largest absolute Gasteiger partial charge is 0.504 e. The maximum atomic E-state index is 10.5. The van der Waals surface area contributed by atoms with Crippen molar-refractivity contribution >= 4 is 24.8 Å². The lowest BCUT2D eigenvalue weighted by atomic mass is 9.98. The van der Waals surface area contributed by atoms with E-state index in [1.807, 2.05) is 25.1 Å². The molecule has 1 aromatic rings. The van der Waals surface area contributed by atoms with Gasteiger partial charge in [0, 0.05) is 37.8 Å². The van der Waals surface area contributed by atoms with E-state index in [4.69, 9.17) is 4.74 Å². The zero-order valence-corrected chi connectivity index (χ0v) is 15.0. The molecular formula is C16H28Cl2N2O2. The molecule has 1 atom stereocenters. The minimum absolute atomic E-state index is 0. The maximum absolute atomic E-state index is 10.5. The van der Waals surface area contributed by atoms with E-state index in [1.165, 1.54) is 0 Å². The fourth-order valence-corrected chi connectivity index (χ4v) is 2.88. The van der Waals surface area contributed by atoms with Crippen molar-refractivity contribution in [2.45, 2.75) is 32.7 Å². The molecule has 2 N–H and O–H groups in total. The van der Waals surface area contributed by atoms with Crippen LogP contribution < -0.4 is 10.1 Å². The Kier molecular flexibility index (Phi) is 10.6. The van der Waals surface area contributed by atoms with Gasteiger partial charge in [-0.3, -0.25) is 4.90 Å². The highest BCUT2D eigenvalue weighted by molar-refractivity contribution is 5.85. The SMILES string of the molecule is CCC[C@@H](c1cccc(OCC)c1O)N1CCNCC1.Cl.Cl. The van der Waals surface area contributed by atoms with Crippen molar-refractivity contribution in [3.63, 3.8) is 0 Å². The minimum atomic E-state index is 0. The Morgan fingerprint density at radius 2 is 1.91 bits per heavy atom. The third kappa shape index (κ3) is 5.20. The van der Waals surface area contributed by atoms with Gasteiger partial charge >= 0.3 is 0 Å². The Labute approximate surface area is 146 Å². The number of phenols is 1. The monoisotopic (exact) mass is 350 g/mol. The number of para-hydroxylation sites is 1. The molecule has 4 nitrogen and oxygen atoms in total. The molecule has 0 aromatic heterocycles. The van der Waals surface area contributed by atoms with E-state index in [0.717, 1.165) is 44.6 Å². The van der Waals surface area contributed by atoms with E-state index in [9.17, 15) is 5.11 Å². The van der Waals surface area contributed by atoms with Crippen LogP contribution in [-0.4, -0.2) is 42.8 Å². The summed E-state index contributed by atoms with van der Waals surface area (Å²) in [5.74, 6) is 0.910. The summed E-state index contributed by atoms with van der Waals surface area (Å²) in [5, 5.41) is 13.9. The summed E-state index contributed by atoms with van der Waals surface area (Å²) in [5.41, 5.74) is 1.000. The quantitative estimate of drug-likeness (QED) is 0.825. The number of phenolic OH excluding ortho intramolecular Hbond substituents is 1. The van der Waals surface area contributed by atoms with Gasteiger partial charge in [-0.05, 0) is 19.4 Å². The van der Waals surface area contributed by atoms with E-state index in [1.54, 1.807) is 0 Å². The summed E-state index contributed by atoms with van der Waals surface area (Å²) >= 11 is 0. The molecule has 0 unspecified atom stereocenters. The molecule has 6 heteroatoms. The van der Waals surface area contributed by atoms with Crippen LogP contribution >= 0.6 is 24.8 Å². The second-order valence-corrected chi connectivity index (χ2v) is 5.22. The van der Waals surface area contributed by atoms with Crippen LogP contribution in [0.1, 0.15) is 38.3 Å². The second-order valence-electron chi connectivity index (χ2n) is 5.22. The average Bonchev–Trinajstić information content (AvgIpc) is 2.49. The van der Waals surface area contributed by atoms with Gasteiger partial charge in [-0.15, -0.1) is 24.8 Å². The summed E-state index contributed by atoms with van der Waals surface area (Å²) in [6.45, 7) is 8.80. The first-order chi connectivity index (χ1) is 9.77. The van der Waals surface area contributed by atoms with Crippen LogP contribution in [0.25, 0.3) is 0 Å². The normalized spacial score (nSPS) is 16.3. The Balaban J connectivity index is 0.00000220. The molecule has 1 saturated heterocycles. The molecule has 0 saturated carbocycles. The first kappa shape index (κ1) is 21.3. The van der Waals surface area contributed by atoms with Crippen LogP contribution in [0, 0.1) is 0 Å². The Morgan fingerprint density at radius 1 is 1.23 bits per heavy atom. The third-order valence-electron chi connectivity index (χ3n) is 3.84. The number of nitrogens with one attached hydrogen (secondary N) is 1. The third-order valence-corrected chi connectivity index (χ3v) is 3.84. The van der Waals surface area contributed by atoms with Crippen LogP contribution in [0.5, 0.6) is 11.5 Å². The van der Waals surface area contributed by atoms with Gasteiger partial charge in [-0.25, -0.2) is 0 Å². The summed E-state index contributed by atoms with van der Waals surface area (Å²) in [4.78, 5) is 2.46.